The molecule has 0 heterocycles. The van der Waals surface area contributed by atoms with Crippen LogP contribution >= 0.6 is 0 Å². The molecule has 1 aromatic rings. The number of aryl methyl sites for hydroxylation is 2. The van der Waals surface area contributed by atoms with Crippen molar-refractivity contribution >= 4 is 0 Å². The zero-order valence-electron chi connectivity index (χ0n) is 10.3. The van der Waals surface area contributed by atoms with E-state index in [1.807, 2.05) is 0 Å². The van der Waals surface area contributed by atoms with Crippen molar-refractivity contribution in [3.05, 3.63) is 29.3 Å². The maximum atomic E-state index is 5.74. The van der Waals surface area contributed by atoms with Gasteiger partial charge in [0.25, 0.3) is 0 Å². The van der Waals surface area contributed by atoms with Crippen LogP contribution in [0, 0.1) is 12.8 Å². The standard InChI is InChI=1S/C14H22O/c1-5-6-13-7-12(4)8-14(9-13)15-10-11(2)3/h7-9,11H,5-6,10H2,1-4H3. The van der Waals surface area contributed by atoms with Gasteiger partial charge in [0, 0.05) is 0 Å². The van der Waals surface area contributed by atoms with Crippen LogP contribution in [0.25, 0.3) is 0 Å². The summed E-state index contributed by atoms with van der Waals surface area (Å²) in [5, 5.41) is 0. The Hall–Kier alpha value is -0.980. The monoisotopic (exact) mass is 206 g/mol. The molecule has 0 spiro atoms. The minimum atomic E-state index is 0.583. The minimum Gasteiger partial charge on any atom is -0.493 e. The van der Waals surface area contributed by atoms with Gasteiger partial charge in [-0.25, -0.2) is 0 Å². The van der Waals surface area contributed by atoms with Crippen molar-refractivity contribution in [3.63, 3.8) is 0 Å². The molecule has 0 amide bonds. The third kappa shape index (κ3) is 4.37. The van der Waals surface area contributed by atoms with E-state index in [9.17, 15) is 0 Å². The van der Waals surface area contributed by atoms with Gasteiger partial charge in [0.2, 0.25) is 0 Å². The molecule has 0 saturated carbocycles. The SMILES string of the molecule is CCCc1cc(C)cc(OCC(C)C)c1. The average molecular weight is 206 g/mol. The van der Waals surface area contributed by atoms with Gasteiger partial charge in [0.15, 0.2) is 0 Å². The molecule has 1 rings (SSSR count). The lowest BCUT2D eigenvalue weighted by Gasteiger charge is -2.11. The van der Waals surface area contributed by atoms with Crippen molar-refractivity contribution in [1.29, 1.82) is 0 Å². The highest BCUT2D eigenvalue weighted by Gasteiger charge is 2.00. The first-order chi connectivity index (χ1) is 7.11. The fourth-order valence-electron chi connectivity index (χ4n) is 1.60. The fourth-order valence-corrected chi connectivity index (χ4v) is 1.60. The lowest BCUT2D eigenvalue weighted by molar-refractivity contribution is 0.270. The molecule has 0 N–H and O–H groups in total. The van der Waals surface area contributed by atoms with E-state index in [0.29, 0.717) is 5.92 Å². The summed E-state index contributed by atoms with van der Waals surface area (Å²) in [5.41, 5.74) is 2.68. The Morgan fingerprint density at radius 2 is 1.93 bits per heavy atom. The smallest absolute Gasteiger partial charge is 0.119 e. The summed E-state index contributed by atoms with van der Waals surface area (Å²) in [4.78, 5) is 0. The average Bonchev–Trinajstić information content (AvgIpc) is 2.14. The Morgan fingerprint density at radius 1 is 1.20 bits per heavy atom. The zero-order valence-corrected chi connectivity index (χ0v) is 10.3. The summed E-state index contributed by atoms with van der Waals surface area (Å²) in [7, 11) is 0. The van der Waals surface area contributed by atoms with Gasteiger partial charge in [-0.1, -0.05) is 33.3 Å². The Bertz CT molecular complexity index is 302. The molecule has 0 atom stereocenters. The molecule has 0 radical (unpaired) electrons. The Balaban J connectivity index is 2.70. The van der Waals surface area contributed by atoms with E-state index in [0.717, 1.165) is 18.8 Å². The van der Waals surface area contributed by atoms with Crippen LogP contribution in [-0.2, 0) is 6.42 Å². The summed E-state index contributed by atoms with van der Waals surface area (Å²) < 4.78 is 5.74. The number of benzene rings is 1. The van der Waals surface area contributed by atoms with Crippen molar-refractivity contribution in [2.75, 3.05) is 6.61 Å². The summed E-state index contributed by atoms with van der Waals surface area (Å²) in [5.74, 6) is 1.60. The Morgan fingerprint density at radius 3 is 2.53 bits per heavy atom. The van der Waals surface area contributed by atoms with Gasteiger partial charge >= 0.3 is 0 Å². The second kappa shape index (κ2) is 5.79. The van der Waals surface area contributed by atoms with Gasteiger partial charge in [0.05, 0.1) is 6.61 Å². The van der Waals surface area contributed by atoms with E-state index in [-0.39, 0.29) is 0 Å². The Kier molecular flexibility index (Phi) is 4.67. The van der Waals surface area contributed by atoms with E-state index in [4.69, 9.17) is 4.74 Å². The van der Waals surface area contributed by atoms with Crippen LogP contribution in [-0.4, -0.2) is 6.61 Å². The third-order valence-electron chi connectivity index (χ3n) is 2.23. The molecule has 1 nitrogen and oxygen atoms in total. The molecule has 15 heavy (non-hydrogen) atoms. The van der Waals surface area contributed by atoms with E-state index in [2.05, 4.69) is 45.9 Å². The summed E-state index contributed by atoms with van der Waals surface area (Å²) in [6.45, 7) is 9.47. The van der Waals surface area contributed by atoms with Crippen LogP contribution in [0.4, 0.5) is 0 Å². The lowest BCUT2D eigenvalue weighted by Crippen LogP contribution is -2.04. The van der Waals surface area contributed by atoms with Crippen LogP contribution in [0.1, 0.15) is 38.3 Å². The first-order valence-corrected chi connectivity index (χ1v) is 5.85. The predicted octanol–water partition coefficient (Wildman–Crippen LogP) is 3.98. The first kappa shape index (κ1) is 12.1. The highest BCUT2D eigenvalue weighted by Crippen LogP contribution is 2.18. The molecule has 84 valence electrons. The maximum absolute atomic E-state index is 5.74. The summed E-state index contributed by atoms with van der Waals surface area (Å²) >= 11 is 0. The highest BCUT2D eigenvalue weighted by atomic mass is 16.5. The fraction of sp³-hybridized carbons (Fsp3) is 0.571. The van der Waals surface area contributed by atoms with Crippen molar-refractivity contribution < 1.29 is 4.74 Å². The van der Waals surface area contributed by atoms with Crippen LogP contribution < -0.4 is 4.74 Å². The zero-order chi connectivity index (χ0) is 11.3. The van der Waals surface area contributed by atoms with E-state index >= 15 is 0 Å². The number of rotatable bonds is 5. The predicted molar refractivity (Wildman–Crippen MR) is 65.5 cm³/mol. The van der Waals surface area contributed by atoms with Crippen molar-refractivity contribution in [2.45, 2.75) is 40.5 Å². The second-order valence-electron chi connectivity index (χ2n) is 4.61. The van der Waals surface area contributed by atoms with Crippen LogP contribution in [0.3, 0.4) is 0 Å². The molecule has 1 heteroatoms. The lowest BCUT2D eigenvalue weighted by atomic mass is 10.1. The number of hydrogen-bond donors (Lipinski definition) is 0. The largest absolute Gasteiger partial charge is 0.493 e. The van der Waals surface area contributed by atoms with Gasteiger partial charge in [-0.05, 0) is 42.5 Å². The number of ether oxygens (including phenoxy) is 1. The first-order valence-electron chi connectivity index (χ1n) is 5.85. The Labute approximate surface area is 93.5 Å². The van der Waals surface area contributed by atoms with Gasteiger partial charge in [-0.3, -0.25) is 0 Å². The molecule has 0 aliphatic heterocycles. The molecule has 0 aromatic heterocycles. The third-order valence-corrected chi connectivity index (χ3v) is 2.23. The van der Waals surface area contributed by atoms with E-state index < -0.39 is 0 Å². The molecule has 0 aliphatic rings. The van der Waals surface area contributed by atoms with Crippen LogP contribution in [0.15, 0.2) is 18.2 Å². The molecule has 1 aromatic carbocycles. The minimum absolute atomic E-state index is 0.583. The van der Waals surface area contributed by atoms with Gasteiger partial charge in [-0.2, -0.15) is 0 Å². The van der Waals surface area contributed by atoms with Crippen molar-refractivity contribution in [2.24, 2.45) is 5.92 Å². The number of hydrogen-bond acceptors (Lipinski definition) is 1. The molecule has 0 saturated heterocycles. The molecule has 0 bridgehead atoms. The van der Waals surface area contributed by atoms with Gasteiger partial charge < -0.3 is 4.74 Å². The van der Waals surface area contributed by atoms with Crippen LogP contribution in [0.5, 0.6) is 5.75 Å². The highest BCUT2D eigenvalue weighted by molar-refractivity contribution is 5.33. The van der Waals surface area contributed by atoms with Gasteiger partial charge in [-0.15, -0.1) is 0 Å². The normalized spacial score (nSPS) is 10.7. The van der Waals surface area contributed by atoms with E-state index in [1.165, 1.54) is 17.5 Å². The molecular weight excluding hydrogens is 184 g/mol. The van der Waals surface area contributed by atoms with E-state index in [1.54, 1.807) is 0 Å². The molecule has 0 fully saturated rings. The molecule has 0 unspecified atom stereocenters. The summed E-state index contributed by atoms with van der Waals surface area (Å²) in [6.07, 6.45) is 2.33. The van der Waals surface area contributed by atoms with Crippen molar-refractivity contribution in [1.82, 2.24) is 0 Å². The van der Waals surface area contributed by atoms with Crippen LogP contribution in [0.2, 0.25) is 0 Å². The summed E-state index contributed by atoms with van der Waals surface area (Å²) in [6, 6.07) is 6.52. The second-order valence-corrected chi connectivity index (χ2v) is 4.61. The topological polar surface area (TPSA) is 9.23 Å². The van der Waals surface area contributed by atoms with Gasteiger partial charge in [0.1, 0.15) is 5.75 Å². The molecular formula is C14H22O. The molecule has 0 aliphatic carbocycles. The maximum Gasteiger partial charge on any atom is 0.119 e. The quantitative estimate of drug-likeness (QED) is 0.708. The van der Waals surface area contributed by atoms with Crippen molar-refractivity contribution in [3.8, 4) is 5.75 Å².